The number of amides is 1. The van der Waals surface area contributed by atoms with Crippen molar-refractivity contribution in [2.75, 3.05) is 6.54 Å². The van der Waals surface area contributed by atoms with Gasteiger partial charge in [0.2, 0.25) is 0 Å². The van der Waals surface area contributed by atoms with Crippen molar-refractivity contribution in [1.29, 1.82) is 0 Å². The van der Waals surface area contributed by atoms with Crippen molar-refractivity contribution in [3.8, 4) is 0 Å². The van der Waals surface area contributed by atoms with E-state index in [1.165, 1.54) is 6.07 Å². The van der Waals surface area contributed by atoms with E-state index in [2.05, 4.69) is 15.3 Å². The van der Waals surface area contributed by atoms with Crippen LogP contribution in [0.1, 0.15) is 27.6 Å². The van der Waals surface area contributed by atoms with Crippen LogP contribution in [0.2, 0.25) is 0 Å². The molecule has 0 aliphatic heterocycles. The Kier molecular flexibility index (Phi) is 4.46. The Morgan fingerprint density at radius 2 is 2.08 bits per heavy atom. The van der Waals surface area contributed by atoms with E-state index in [0.29, 0.717) is 15.8 Å². The number of aromatic nitrogens is 2. The zero-order valence-corrected chi connectivity index (χ0v) is 13.7. The van der Waals surface area contributed by atoms with E-state index in [1.54, 1.807) is 6.07 Å². The number of H-pyrrole nitrogens is 2. The number of rotatable bonds is 4. The van der Waals surface area contributed by atoms with Crippen molar-refractivity contribution in [2.45, 2.75) is 13.0 Å². The molecule has 0 bridgehead atoms. The molecule has 124 valence electrons. The summed E-state index contributed by atoms with van der Waals surface area (Å²) >= 11 is 4.98. The molecule has 1 amide bonds. The summed E-state index contributed by atoms with van der Waals surface area (Å²) in [5.74, 6) is -1.03. The number of aliphatic hydroxyl groups excluding tert-OH is 1. The molecule has 1 atom stereocenters. The first-order chi connectivity index (χ1) is 11.5. The van der Waals surface area contributed by atoms with Crippen LogP contribution in [0, 0.1) is 17.5 Å². The van der Waals surface area contributed by atoms with Crippen molar-refractivity contribution in [3.63, 3.8) is 0 Å². The van der Waals surface area contributed by atoms with Crippen molar-refractivity contribution >= 4 is 29.2 Å². The Balaban J connectivity index is 1.81. The molecule has 0 saturated heterocycles. The van der Waals surface area contributed by atoms with Gasteiger partial charge in [0.25, 0.3) is 5.91 Å². The van der Waals surface area contributed by atoms with Crippen LogP contribution in [0.15, 0.2) is 36.4 Å². The van der Waals surface area contributed by atoms with E-state index in [0.717, 1.165) is 17.2 Å². The van der Waals surface area contributed by atoms with E-state index in [9.17, 15) is 14.3 Å². The largest absolute Gasteiger partial charge is 0.387 e. The number of carbonyl (C=O) groups is 1. The summed E-state index contributed by atoms with van der Waals surface area (Å²) in [4.78, 5) is 18.0. The lowest BCUT2D eigenvalue weighted by Gasteiger charge is -2.14. The van der Waals surface area contributed by atoms with Crippen molar-refractivity contribution in [1.82, 2.24) is 15.3 Å². The van der Waals surface area contributed by atoms with Gasteiger partial charge in [-0.05, 0) is 42.4 Å². The summed E-state index contributed by atoms with van der Waals surface area (Å²) in [5, 5.41) is 12.9. The molecule has 0 aliphatic carbocycles. The maximum absolute atomic E-state index is 13.7. The first-order valence-corrected chi connectivity index (χ1v) is 7.80. The third-order valence-corrected chi connectivity index (χ3v) is 4.04. The molecule has 0 fully saturated rings. The predicted octanol–water partition coefficient (Wildman–Crippen LogP) is 3.14. The number of nitrogens with one attached hydrogen (secondary N) is 3. The van der Waals surface area contributed by atoms with Gasteiger partial charge in [0.1, 0.15) is 5.82 Å². The van der Waals surface area contributed by atoms with Gasteiger partial charge < -0.3 is 20.4 Å². The lowest BCUT2D eigenvalue weighted by Crippen LogP contribution is -2.29. The average Bonchev–Trinajstić information content (AvgIpc) is 2.91. The zero-order chi connectivity index (χ0) is 17.3. The second-order valence-corrected chi connectivity index (χ2v) is 5.95. The fraction of sp³-hybridized carbons (Fsp3) is 0.176. The molecule has 5 nitrogen and oxygen atoms in total. The van der Waals surface area contributed by atoms with Crippen LogP contribution in [0.3, 0.4) is 0 Å². The number of halogens is 1. The molecule has 0 aliphatic rings. The Bertz CT molecular complexity index is 964. The average molecular weight is 345 g/mol. The number of fused-ring (bicyclic) bond motifs is 1. The maximum atomic E-state index is 13.7. The smallest absolute Gasteiger partial charge is 0.253 e. The number of aromatic amines is 2. The van der Waals surface area contributed by atoms with E-state index in [-0.39, 0.29) is 12.1 Å². The van der Waals surface area contributed by atoms with Crippen molar-refractivity contribution < 1.29 is 14.3 Å². The quantitative estimate of drug-likeness (QED) is 0.549. The van der Waals surface area contributed by atoms with Crippen LogP contribution in [0.4, 0.5) is 4.39 Å². The standard InChI is InChI=1S/C17H16FN3O2S/c1-9-4-2-3-5-11(9)14(22)8-19-16(23)12-6-10(18)7-13-15(12)21-17(24)20-13/h2-7,14,22H,8H2,1H3,(H,19,23)(H2,20,21,24). The predicted molar refractivity (Wildman–Crippen MR) is 91.9 cm³/mol. The number of imidazole rings is 1. The zero-order valence-electron chi connectivity index (χ0n) is 12.9. The highest BCUT2D eigenvalue weighted by atomic mass is 32.1. The van der Waals surface area contributed by atoms with Gasteiger partial charge >= 0.3 is 0 Å². The maximum Gasteiger partial charge on any atom is 0.253 e. The third-order valence-electron chi connectivity index (χ3n) is 3.84. The molecule has 1 unspecified atom stereocenters. The molecule has 1 heterocycles. The SMILES string of the molecule is Cc1ccccc1C(O)CNC(=O)c1cc(F)cc2[nH]c(=S)[nH]c12. The van der Waals surface area contributed by atoms with Crippen LogP contribution < -0.4 is 5.32 Å². The minimum Gasteiger partial charge on any atom is -0.387 e. The normalized spacial score (nSPS) is 12.3. The summed E-state index contributed by atoms with van der Waals surface area (Å²) in [5.41, 5.74) is 2.66. The number of hydrogen-bond donors (Lipinski definition) is 4. The highest BCUT2D eigenvalue weighted by Crippen LogP contribution is 2.19. The molecule has 24 heavy (non-hydrogen) atoms. The van der Waals surface area contributed by atoms with Crippen LogP contribution >= 0.6 is 12.2 Å². The second kappa shape index (κ2) is 6.54. The number of benzene rings is 2. The first kappa shape index (κ1) is 16.4. The van der Waals surface area contributed by atoms with Crippen LogP contribution in [0.5, 0.6) is 0 Å². The summed E-state index contributed by atoms with van der Waals surface area (Å²) in [6, 6.07) is 9.79. The number of aliphatic hydroxyl groups is 1. The molecule has 1 aromatic heterocycles. The third kappa shape index (κ3) is 3.22. The Morgan fingerprint density at radius 1 is 1.33 bits per heavy atom. The molecule has 0 radical (unpaired) electrons. The Labute approximate surface area is 142 Å². The molecule has 0 saturated carbocycles. The van der Waals surface area contributed by atoms with E-state index < -0.39 is 17.8 Å². The minimum absolute atomic E-state index is 0.0207. The van der Waals surface area contributed by atoms with Gasteiger partial charge in [-0.25, -0.2) is 4.39 Å². The molecule has 0 spiro atoms. The second-order valence-electron chi connectivity index (χ2n) is 5.54. The monoisotopic (exact) mass is 345 g/mol. The molecule has 2 aromatic carbocycles. The number of carbonyl (C=O) groups excluding carboxylic acids is 1. The topological polar surface area (TPSA) is 80.9 Å². The highest BCUT2D eigenvalue weighted by molar-refractivity contribution is 7.71. The van der Waals surface area contributed by atoms with E-state index in [4.69, 9.17) is 12.2 Å². The van der Waals surface area contributed by atoms with Gasteiger partial charge in [-0.15, -0.1) is 0 Å². The molecule has 4 N–H and O–H groups in total. The molecular weight excluding hydrogens is 329 g/mol. The van der Waals surface area contributed by atoms with Gasteiger partial charge in [0.05, 0.1) is 22.7 Å². The van der Waals surface area contributed by atoms with Gasteiger partial charge in [0.15, 0.2) is 4.77 Å². The van der Waals surface area contributed by atoms with Gasteiger partial charge in [-0.2, -0.15) is 0 Å². The first-order valence-electron chi connectivity index (χ1n) is 7.39. The number of aryl methyl sites for hydroxylation is 1. The Hall–Kier alpha value is -2.51. The summed E-state index contributed by atoms with van der Waals surface area (Å²) < 4.78 is 14.0. The van der Waals surface area contributed by atoms with Gasteiger partial charge in [-0.3, -0.25) is 4.79 Å². The summed E-state index contributed by atoms with van der Waals surface area (Å²) in [6.45, 7) is 1.91. The van der Waals surface area contributed by atoms with Crippen LogP contribution in [-0.2, 0) is 0 Å². The molecule has 3 rings (SSSR count). The van der Waals surface area contributed by atoms with Crippen molar-refractivity contribution in [3.05, 3.63) is 63.7 Å². The van der Waals surface area contributed by atoms with Gasteiger partial charge in [0, 0.05) is 6.54 Å². The molecular formula is C17H16FN3O2S. The summed E-state index contributed by atoms with van der Waals surface area (Å²) in [7, 11) is 0. The van der Waals surface area contributed by atoms with Gasteiger partial charge in [-0.1, -0.05) is 24.3 Å². The fourth-order valence-electron chi connectivity index (χ4n) is 2.64. The molecule has 3 aromatic rings. The van der Waals surface area contributed by atoms with Crippen LogP contribution in [0.25, 0.3) is 11.0 Å². The minimum atomic E-state index is -0.844. The summed E-state index contributed by atoms with van der Waals surface area (Å²) in [6.07, 6.45) is -0.844. The number of hydrogen-bond acceptors (Lipinski definition) is 3. The van der Waals surface area contributed by atoms with Crippen LogP contribution in [-0.4, -0.2) is 27.5 Å². The lowest BCUT2D eigenvalue weighted by molar-refractivity contribution is 0.0917. The fourth-order valence-corrected chi connectivity index (χ4v) is 2.85. The highest BCUT2D eigenvalue weighted by Gasteiger charge is 2.16. The lowest BCUT2D eigenvalue weighted by atomic mass is 10.0. The Morgan fingerprint density at radius 3 is 2.83 bits per heavy atom. The molecule has 7 heteroatoms. The van der Waals surface area contributed by atoms with E-state index >= 15 is 0 Å². The van der Waals surface area contributed by atoms with E-state index in [1.807, 2.05) is 25.1 Å². The van der Waals surface area contributed by atoms with Crippen molar-refractivity contribution in [2.24, 2.45) is 0 Å².